The van der Waals surface area contributed by atoms with E-state index < -0.39 is 23.7 Å². The number of carbonyl (C=O) groups is 3. The number of nitrogens with one attached hydrogen (secondary N) is 1. The summed E-state index contributed by atoms with van der Waals surface area (Å²) >= 11 is 3.32. The van der Waals surface area contributed by atoms with Crippen molar-refractivity contribution in [3.63, 3.8) is 0 Å². The summed E-state index contributed by atoms with van der Waals surface area (Å²) in [5.41, 5.74) is 0.779. The van der Waals surface area contributed by atoms with Crippen molar-refractivity contribution in [1.29, 1.82) is 0 Å². The van der Waals surface area contributed by atoms with Crippen LogP contribution < -0.4 is 10.1 Å². The summed E-state index contributed by atoms with van der Waals surface area (Å²) in [6, 6.07) is 8.40. The lowest BCUT2D eigenvalue weighted by atomic mass is 10.0. The van der Waals surface area contributed by atoms with Gasteiger partial charge in [-0.2, -0.15) is 0 Å². The van der Waals surface area contributed by atoms with Gasteiger partial charge in [-0.1, -0.05) is 32.9 Å². The van der Waals surface area contributed by atoms with Crippen molar-refractivity contribution in [3.05, 3.63) is 63.4 Å². The number of ether oxygens (including phenoxy) is 1. The van der Waals surface area contributed by atoms with Crippen molar-refractivity contribution in [2.45, 2.75) is 39.2 Å². The van der Waals surface area contributed by atoms with Gasteiger partial charge in [0.2, 0.25) is 0 Å². The summed E-state index contributed by atoms with van der Waals surface area (Å²) in [5.74, 6) is -2.39. The molecule has 0 bridgehead atoms. The van der Waals surface area contributed by atoms with E-state index >= 15 is 0 Å². The van der Waals surface area contributed by atoms with Crippen LogP contribution in [0.5, 0.6) is 5.75 Å². The van der Waals surface area contributed by atoms with Crippen molar-refractivity contribution in [2.75, 3.05) is 0 Å². The van der Waals surface area contributed by atoms with Crippen molar-refractivity contribution >= 4 is 33.6 Å². The molecule has 0 aliphatic heterocycles. The van der Waals surface area contributed by atoms with E-state index in [1.54, 1.807) is 45.0 Å². The third kappa shape index (κ3) is 4.24. The molecule has 0 saturated heterocycles. The van der Waals surface area contributed by atoms with Gasteiger partial charge in [-0.15, -0.1) is 0 Å². The Kier molecular flexibility index (Phi) is 6.17. The average molecular weight is 462 g/mol. The lowest BCUT2D eigenvalue weighted by Gasteiger charge is -2.21. The van der Waals surface area contributed by atoms with E-state index in [0.29, 0.717) is 10.0 Å². The maximum atomic E-state index is 14.2. The Hall–Kier alpha value is -2.54. The van der Waals surface area contributed by atoms with Gasteiger partial charge >= 0.3 is 5.97 Å². The summed E-state index contributed by atoms with van der Waals surface area (Å²) in [6.07, 6.45) is 0.174. The highest BCUT2D eigenvalue weighted by molar-refractivity contribution is 9.10. The second-order valence-electron chi connectivity index (χ2n) is 7.46. The SMILES string of the molecule is CC1CC(=O)c2c(OC(=O)[C@@H](NC(=O)c3ccccc3Br)C(C)C)ccc(F)c21. The standard InChI is InChI=1S/C22H21BrFNO4/c1-11(2)20(25-21(27)13-6-4-5-7-14(13)23)22(28)29-17-9-8-15(24)18-12(3)10-16(26)19(17)18/h4-9,11-12,20H,10H2,1-3H3,(H,25,27)/t12?,20-/m0/s1. The Bertz CT molecular complexity index is 989. The fourth-order valence-corrected chi connectivity index (χ4v) is 3.91. The third-order valence-corrected chi connectivity index (χ3v) is 5.65. The molecule has 152 valence electrons. The normalized spacial score (nSPS) is 16.5. The van der Waals surface area contributed by atoms with Crippen LogP contribution in [0, 0.1) is 11.7 Å². The van der Waals surface area contributed by atoms with Crippen molar-refractivity contribution in [2.24, 2.45) is 5.92 Å². The Labute approximate surface area is 176 Å². The second kappa shape index (κ2) is 8.45. The largest absolute Gasteiger partial charge is 0.424 e. The zero-order valence-electron chi connectivity index (χ0n) is 16.3. The second-order valence-corrected chi connectivity index (χ2v) is 8.31. The zero-order chi connectivity index (χ0) is 21.3. The topological polar surface area (TPSA) is 72.5 Å². The van der Waals surface area contributed by atoms with Gasteiger partial charge in [-0.05, 0) is 52.0 Å². The molecule has 0 radical (unpaired) electrons. The van der Waals surface area contributed by atoms with E-state index in [0.717, 1.165) is 0 Å². The van der Waals surface area contributed by atoms with E-state index in [1.807, 2.05) is 0 Å². The first-order valence-corrected chi connectivity index (χ1v) is 10.1. The number of halogens is 2. The van der Waals surface area contributed by atoms with Crippen molar-refractivity contribution in [1.82, 2.24) is 5.32 Å². The van der Waals surface area contributed by atoms with Crippen LogP contribution in [0.4, 0.5) is 4.39 Å². The van der Waals surface area contributed by atoms with Crippen LogP contribution in [-0.2, 0) is 4.79 Å². The molecule has 2 aromatic rings. The quantitative estimate of drug-likeness (QED) is 0.519. The molecule has 0 saturated carbocycles. The Balaban J connectivity index is 1.84. The number of hydrogen-bond acceptors (Lipinski definition) is 4. The molecule has 29 heavy (non-hydrogen) atoms. The van der Waals surface area contributed by atoms with E-state index in [2.05, 4.69) is 21.2 Å². The molecule has 1 unspecified atom stereocenters. The van der Waals surface area contributed by atoms with Crippen molar-refractivity contribution < 1.29 is 23.5 Å². The van der Waals surface area contributed by atoms with Gasteiger partial charge in [0.05, 0.1) is 11.1 Å². The van der Waals surface area contributed by atoms with Crippen LogP contribution >= 0.6 is 15.9 Å². The van der Waals surface area contributed by atoms with Crippen molar-refractivity contribution in [3.8, 4) is 5.75 Å². The minimum Gasteiger partial charge on any atom is -0.424 e. The first-order chi connectivity index (χ1) is 13.7. The van der Waals surface area contributed by atoms with Crippen LogP contribution in [0.15, 0.2) is 40.9 Å². The average Bonchev–Trinajstić information content (AvgIpc) is 2.97. The van der Waals surface area contributed by atoms with E-state index in [4.69, 9.17) is 4.74 Å². The minimum atomic E-state index is -0.941. The highest BCUT2D eigenvalue weighted by Crippen LogP contribution is 2.39. The lowest BCUT2D eigenvalue weighted by molar-refractivity contribution is -0.137. The van der Waals surface area contributed by atoms with Gasteiger partial charge in [-0.3, -0.25) is 9.59 Å². The Morgan fingerprint density at radius 2 is 1.90 bits per heavy atom. The van der Waals surface area contributed by atoms with Crippen LogP contribution in [0.1, 0.15) is 59.4 Å². The number of Topliss-reactive ketones (excluding diaryl/α,β-unsaturated/α-hetero) is 1. The van der Waals surface area contributed by atoms with E-state index in [-0.39, 0.29) is 40.9 Å². The van der Waals surface area contributed by atoms with Crippen LogP contribution in [0.25, 0.3) is 0 Å². The molecule has 7 heteroatoms. The first-order valence-electron chi connectivity index (χ1n) is 9.33. The van der Waals surface area contributed by atoms with Gasteiger partial charge < -0.3 is 10.1 Å². The number of hydrogen-bond donors (Lipinski definition) is 1. The van der Waals surface area contributed by atoms with Gasteiger partial charge in [0.1, 0.15) is 17.6 Å². The number of ketones is 1. The Morgan fingerprint density at radius 3 is 2.55 bits per heavy atom. The van der Waals surface area contributed by atoms with Crippen LogP contribution in [0.2, 0.25) is 0 Å². The molecule has 0 aromatic heterocycles. The molecular weight excluding hydrogens is 441 g/mol. The molecule has 2 atom stereocenters. The molecule has 2 aromatic carbocycles. The van der Waals surface area contributed by atoms with E-state index in [1.165, 1.54) is 12.1 Å². The van der Waals surface area contributed by atoms with Gasteiger partial charge in [0.25, 0.3) is 5.91 Å². The fraction of sp³-hybridized carbons (Fsp3) is 0.318. The highest BCUT2D eigenvalue weighted by Gasteiger charge is 2.34. The molecule has 0 fully saturated rings. The van der Waals surface area contributed by atoms with Gasteiger partial charge in [-0.25, -0.2) is 9.18 Å². The number of esters is 1. The number of carbonyl (C=O) groups excluding carboxylic acids is 3. The van der Waals surface area contributed by atoms with Crippen LogP contribution in [0.3, 0.4) is 0 Å². The number of rotatable bonds is 5. The molecule has 0 heterocycles. The molecule has 0 spiro atoms. The first kappa shape index (κ1) is 21.2. The number of fused-ring (bicyclic) bond motifs is 1. The molecular formula is C22H21BrFNO4. The zero-order valence-corrected chi connectivity index (χ0v) is 17.9. The van der Waals surface area contributed by atoms with Gasteiger partial charge in [0, 0.05) is 16.5 Å². The molecule has 1 amide bonds. The smallest absolute Gasteiger partial charge is 0.334 e. The molecule has 1 aliphatic rings. The summed E-state index contributed by atoms with van der Waals surface area (Å²) in [4.78, 5) is 37.7. The number of benzene rings is 2. The summed E-state index contributed by atoms with van der Waals surface area (Å²) in [5, 5.41) is 2.69. The fourth-order valence-electron chi connectivity index (χ4n) is 3.44. The molecule has 1 aliphatic carbocycles. The Morgan fingerprint density at radius 1 is 1.21 bits per heavy atom. The summed E-state index contributed by atoms with van der Waals surface area (Å²) < 4.78 is 20.2. The predicted molar refractivity (Wildman–Crippen MR) is 110 cm³/mol. The van der Waals surface area contributed by atoms with E-state index in [9.17, 15) is 18.8 Å². The summed E-state index contributed by atoms with van der Waals surface area (Å²) in [7, 11) is 0. The number of amides is 1. The summed E-state index contributed by atoms with van der Waals surface area (Å²) in [6.45, 7) is 5.30. The molecule has 1 N–H and O–H groups in total. The minimum absolute atomic E-state index is 0.0292. The maximum absolute atomic E-state index is 14.2. The predicted octanol–water partition coefficient (Wildman–Crippen LogP) is 4.64. The van der Waals surface area contributed by atoms with Crippen LogP contribution in [-0.4, -0.2) is 23.7 Å². The highest BCUT2D eigenvalue weighted by atomic mass is 79.9. The maximum Gasteiger partial charge on any atom is 0.334 e. The molecule has 5 nitrogen and oxygen atoms in total. The lowest BCUT2D eigenvalue weighted by Crippen LogP contribution is -2.46. The third-order valence-electron chi connectivity index (χ3n) is 4.95. The monoisotopic (exact) mass is 461 g/mol. The molecule has 3 rings (SSSR count). The van der Waals surface area contributed by atoms with Gasteiger partial charge in [0.15, 0.2) is 5.78 Å².